The average Bonchev–Trinajstić information content (AvgIpc) is 1.61. The molecule has 128 heavy (non-hydrogen) atoms. The molecule has 32 heteroatoms. The van der Waals surface area contributed by atoms with Crippen molar-refractivity contribution in [3.8, 4) is 11.5 Å². The van der Waals surface area contributed by atoms with E-state index >= 15 is 0 Å². The molecule has 0 radical (unpaired) electrons. The number of nitrogens with zero attached hydrogens (tertiary/aromatic N) is 6. The molecule has 5 heterocycles. The van der Waals surface area contributed by atoms with Crippen LogP contribution in [0.15, 0.2) is 302 Å². The number of anilines is 5. The molecule has 5 aliphatic rings. The van der Waals surface area contributed by atoms with Crippen molar-refractivity contribution in [2.45, 2.75) is 105 Å². The molecule has 0 atom stereocenters. The lowest BCUT2D eigenvalue weighted by atomic mass is 10.1. The molecule has 0 spiro atoms. The fourth-order valence-corrected chi connectivity index (χ4v) is 21.4. The number of alkyl halides is 3. The van der Waals surface area contributed by atoms with Crippen LogP contribution in [0.4, 0.5) is 41.6 Å². The zero-order valence-electron chi connectivity index (χ0n) is 71.1. The first-order valence-corrected chi connectivity index (χ1v) is 47.8. The fraction of sp³-hybridized carbons (Fsp3) is 0.250. The number of amides is 4. The second-order valence-electron chi connectivity index (χ2n) is 30.2. The highest BCUT2D eigenvalue weighted by molar-refractivity contribution is 8.00. The van der Waals surface area contributed by atoms with Crippen LogP contribution in [0.25, 0.3) is 19.6 Å². The first-order chi connectivity index (χ1) is 61.6. The summed E-state index contributed by atoms with van der Waals surface area (Å²) in [5, 5.41) is 21.1. The first-order valence-electron chi connectivity index (χ1n) is 42.1. The number of carbonyl (C=O) groups is 4. The Balaban J connectivity index is 0.000000156. The Morgan fingerprint density at radius 3 is 0.898 bits per heavy atom. The number of nitrogens with one attached hydrogen (secondary N) is 4. The lowest BCUT2D eigenvalue weighted by Crippen LogP contribution is -2.45. The number of halogens is 3. The minimum atomic E-state index is -4.83. The van der Waals surface area contributed by atoms with E-state index in [9.17, 15) is 66.0 Å². The average molecular weight is 1820 g/mol. The summed E-state index contributed by atoms with van der Waals surface area (Å²) in [5.74, 6) is -2.05. The van der Waals surface area contributed by atoms with Gasteiger partial charge in [-0.25, -0.2) is 50.9 Å². The van der Waals surface area contributed by atoms with Crippen molar-refractivity contribution in [1.29, 1.82) is 0 Å². The SMILES string of the molecule is CCCCN1C(=O)C(Nc2ccc(CO)cc2)=C(c2ccccc2)S1(=O)=O.CCCCN1C(=O)C(Nc2ccc(N3CCN(Cc4ccccc4)CC3)cc2)=C(c2ccccc2)S1(=O)=O.CCCCN1C(=O)C(Nc2ccc(OC(F)(F)F)cc2)=C(c2ccccc2)S1(=O)=O.CCCCN1C(=O)C(Nc2ccc(OCc3ccccc3)cc2)=C(c2ccccc2)S1(=O)=O. The molecule has 0 saturated carbocycles. The highest BCUT2D eigenvalue weighted by Crippen LogP contribution is 2.42. The Morgan fingerprint density at radius 1 is 0.336 bits per heavy atom. The predicted molar refractivity (Wildman–Crippen MR) is 493 cm³/mol. The van der Waals surface area contributed by atoms with Gasteiger partial charge in [0.05, 0.1) is 6.61 Å². The van der Waals surface area contributed by atoms with Gasteiger partial charge in [-0.2, -0.15) is 0 Å². The van der Waals surface area contributed by atoms with Crippen LogP contribution in [0.1, 0.15) is 118 Å². The van der Waals surface area contributed by atoms with Crippen LogP contribution in [0.2, 0.25) is 0 Å². The third-order valence-electron chi connectivity index (χ3n) is 21.1. The van der Waals surface area contributed by atoms with E-state index in [2.05, 4.69) is 60.1 Å². The van der Waals surface area contributed by atoms with E-state index in [0.29, 0.717) is 83.8 Å². The zero-order valence-corrected chi connectivity index (χ0v) is 74.4. The van der Waals surface area contributed by atoms with Crippen molar-refractivity contribution < 1.29 is 80.6 Å². The summed E-state index contributed by atoms with van der Waals surface area (Å²) in [7, 11) is -15.9. The van der Waals surface area contributed by atoms with E-state index in [4.69, 9.17) is 9.84 Å². The Hall–Kier alpha value is -12.9. The molecular weight excluding hydrogens is 1720 g/mol. The van der Waals surface area contributed by atoms with Gasteiger partial charge in [-0.15, -0.1) is 13.2 Å². The predicted octanol–water partition coefficient (Wildman–Crippen LogP) is 17.0. The number of hydrogen-bond donors (Lipinski definition) is 5. The van der Waals surface area contributed by atoms with Gasteiger partial charge in [0.15, 0.2) is 0 Å². The van der Waals surface area contributed by atoms with Crippen LogP contribution < -0.4 is 35.6 Å². The number of rotatable bonds is 32. The largest absolute Gasteiger partial charge is 0.573 e. The van der Waals surface area contributed by atoms with Crippen molar-refractivity contribution in [2.24, 2.45) is 0 Å². The highest BCUT2D eigenvalue weighted by Gasteiger charge is 2.48. The summed E-state index contributed by atoms with van der Waals surface area (Å²) in [6.07, 6.45) is 0.566. The molecule has 1 fully saturated rings. The minimum absolute atomic E-state index is 0.00422. The molecule has 1 saturated heterocycles. The minimum Gasteiger partial charge on any atom is -0.489 e. The molecule has 4 amide bonds. The molecular formula is C96H101F3N10O15S4. The molecule has 5 aliphatic heterocycles. The first kappa shape index (κ1) is 94.3. The van der Waals surface area contributed by atoms with Crippen molar-refractivity contribution >= 4 is 112 Å². The normalized spacial score (nSPS) is 16.3. The molecule has 0 aromatic heterocycles. The van der Waals surface area contributed by atoms with Gasteiger partial charge in [0, 0.05) is 87.3 Å². The van der Waals surface area contributed by atoms with Gasteiger partial charge in [-0.1, -0.05) is 248 Å². The van der Waals surface area contributed by atoms with Crippen molar-refractivity contribution in [3.05, 3.63) is 341 Å². The molecule has 0 bridgehead atoms. The van der Waals surface area contributed by atoms with Gasteiger partial charge >= 0.3 is 6.36 Å². The van der Waals surface area contributed by atoms with Crippen LogP contribution in [0, 0.1) is 0 Å². The summed E-state index contributed by atoms with van der Waals surface area (Å²) in [4.78, 5) is 57.0. The lowest BCUT2D eigenvalue weighted by molar-refractivity contribution is -0.274. The maximum atomic E-state index is 13.4. The third-order valence-corrected chi connectivity index (χ3v) is 28.7. The van der Waals surface area contributed by atoms with Crippen molar-refractivity contribution in [2.75, 3.05) is 78.5 Å². The number of piperazine rings is 1. The Labute approximate surface area is 745 Å². The lowest BCUT2D eigenvalue weighted by Gasteiger charge is -2.36. The molecule has 670 valence electrons. The van der Waals surface area contributed by atoms with Crippen LogP contribution in [0.5, 0.6) is 11.5 Å². The van der Waals surface area contributed by atoms with E-state index < -0.39 is 75.8 Å². The van der Waals surface area contributed by atoms with E-state index in [1.807, 2.05) is 100 Å². The Bertz CT molecular complexity index is 6130. The smallest absolute Gasteiger partial charge is 0.489 e. The number of aliphatic hydroxyl groups is 1. The van der Waals surface area contributed by atoms with Crippen molar-refractivity contribution in [1.82, 2.24) is 22.1 Å². The summed E-state index contributed by atoms with van der Waals surface area (Å²) in [5.41, 5.74) is 8.21. The number of aliphatic hydroxyl groups excluding tert-OH is 1. The summed E-state index contributed by atoms with van der Waals surface area (Å²) >= 11 is 0. The zero-order chi connectivity index (χ0) is 91.2. The van der Waals surface area contributed by atoms with Crippen LogP contribution in [-0.4, -0.2) is 143 Å². The van der Waals surface area contributed by atoms with Crippen molar-refractivity contribution in [3.63, 3.8) is 0 Å². The molecule has 10 aromatic rings. The molecule has 15 rings (SSSR count). The number of carbonyl (C=O) groups excluding carboxylic acids is 4. The van der Waals surface area contributed by atoms with Gasteiger partial charge in [-0.3, -0.25) is 24.1 Å². The molecule has 10 aromatic carbocycles. The Kier molecular flexibility index (Phi) is 31.7. The van der Waals surface area contributed by atoms with E-state index in [0.717, 1.165) is 98.2 Å². The van der Waals surface area contributed by atoms with E-state index in [-0.39, 0.29) is 80.9 Å². The number of ether oxygens (including phenoxy) is 2. The number of hydrogen-bond acceptors (Lipinski definition) is 21. The second kappa shape index (κ2) is 43.1. The fourth-order valence-electron chi connectivity index (χ4n) is 14.5. The molecule has 25 nitrogen and oxygen atoms in total. The maximum absolute atomic E-state index is 13.4. The van der Waals surface area contributed by atoms with Crippen LogP contribution >= 0.6 is 0 Å². The molecule has 0 aliphatic carbocycles. The molecule has 5 N–H and O–H groups in total. The van der Waals surface area contributed by atoms with Gasteiger partial charge in [0.2, 0.25) is 0 Å². The summed E-state index contributed by atoms with van der Waals surface area (Å²) in [6, 6.07) is 81.3. The quantitative estimate of drug-likeness (QED) is 0.0262. The van der Waals surface area contributed by atoms with Crippen LogP contribution in [-0.2, 0) is 79.0 Å². The molecule has 0 unspecified atom stereocenters. The number of unbranched alkanes of at least 4 members (excludes halogenated alkanes) is 4. The number of benzene rings is 10. The third kappa shape index (κ3) is 22.9. The summed E-state index contributed by atoms with van der Waals surface area (Å²) in [6.45, 7) is 13.5. The van der Waals surface area contributed by atoms with E-state index in [1.165, 1.54) is 17.7 Å². The van der Waals surface area contributed by atoms with Gasteiger partial charge < -0.3 is 40.7 Å². The van der Waals surface area contributed by atoms with Crippen LogP contribution in [0.3, 0.4) is 0 Å². The number of sulfonamides is 4. The van der Waals surface area contributed by atoms with E-state index in [1.54, 1.807) is 158 Å². The summed E-state index contributed by atoms with van der Waals surface area (Å²) < 4.78 is 156. The highest BCUT2D eigenvalue weighted by atomic mass is 32.2. The maximum Gasteiger partial charge on any atom is 0.573 e. The Morgan fingerprint density at radius 2 is 0.609 bits per heavy atom. The topological polar surface area (TPSA) is 311 Å². The second-order valence-corrected chi connectivity index (χ2v) is 37.4. The monoisotopic (exact) mass is 1820 g/mol. The standard InChI is InChI=1S/C30H34N4O3S.C26H26N2O4S.C20H19F3N2O4S.C20H22N2O4S/c1-2-3-18-34-30(35)28(29(38(34,36)37)25-12-8-5-9-13-25)31-26-14-16-27(17-15-26)33-21-19-32(20-22-33)23-24-10-6-4-7-11-24;1-2-3-18-28-26(29)24(25(33(28,30)31)21-12-8-5-9-13-21)27-22-14-16-23(17-15-22)32-19-20-10-6-4-7-11-20;1-2-3-13-25-19(26)17(18(30(25,27)28)14-7-5-4-6-8-14)24-15-9-11-16(12-10-15)29-20(21,22)23;1-2-3-13-22-20(24)18(21-17-11-9-15(14-23)10-12-17)19(27(22,25)26)16-7-5-4-6-8-16/h4-17,31H,2-3,18-23H2,1H3;4-17,27H,2-3,18-19H2,1H3;4-12,24H,2-3,13H2,1H3;4-12,21,23H,2-3,13-14H2,1H3. The van der Waals surface area contributed by atoms with Gasteiger partial charge in [0.1, 0.15) is 60.5 Å². The van der Waals surface area contributed by atoms with Gasteiger partial charge in [-0.05, 0) is 150 Å². The van der Waals surface area contributed by atoms with Gasteiger partial charge in [0.25, 0.3) is 63.7 Å².